The van der Waals surface area contributed by atoms with Gasteiger partial charge >= 0.3 is 11.9 Å². The molecule has 0 aromatic heterocycles. The fourth-order valence-corrected chi connectivity index (χ4v) is 0.616. The first-order valence-electron chi connectivity index (χ1n) is 4.40. The third-order valence-corrected chi connectivity index (χ3v) is 1.46. The molecule has 0 amide bonds. The van der Waals surface area contributed by atoms with Crippen LogP contribution in [0, 0.1) is 0 Å². The van der Waals surface area contributed by atoms with Crippen molar-refractivity contribution in [2.75, 3.05) is 0 Å². The minimum Gasteiger partial charge on any atom is -0.452 e. The molecule has 0 aliphatic rings. The van der Waals surface area contributed by atoms with Gasteiger partial charge in [-0.15, -0.1) is 0 Å². The zero-order valence-corrected chi connectivity index (χ0v) is 8.98. The molecular formula is C10H14O5. The molecule has 15 heavy (non-hydrogen) atoms. The summed E-state index contributed by atoms with van der Waals surface area (Å²) in [7, 11) is 0. The highest BCUT2D eigenvalue weighted by atomic mass is 16.6. The Morgan fingerprint density at radius 3 is 2.20 bits per heavy atom. The highest BCUT2D eigenvalue weighted by Crippen LogP contribution is 2.01. The molecule has 5 nitrogen and oxygen atoms in total. The Morgan fingerprint density at radius 2 is 1.80 bits per heavy atom. The zero-order valence-electron chi connectivity index (χ0n) is 8.98. The van der Waals surface area contributed by atoms with Crippen molar-refractivity contribution in [2.24, 2.45) is 0 Å². The molecule has 2 unspecified atom stereocenters. The molecule has 0 saturated carbocycles. The molecular weight excluding hydrogens is 200 g/mol. The van der Waals surface area contributed by atoms with E-state index >= 15 is 0 Å². The van der Waals surface area contributed by atoms with Gasteiger partial charge in [-0.1, -0.05) is 6.58 Å². The van der Waals surface area contributed by atoms with Gasteiger partial charge < -0.3 is 9.47 Å². The lowest BCUT2D eigenvalue weighted by molar-refractivity contribution is -0.168. The van der Waals surface area contributed by atoms with Crippen molar-refractivity contribution in [3.63, 3.8) is 0 Å². The monoisotopic (exact) mass is 214 g/mol. The molecule has 0 radical (unpaired) electrons. The highest BCUT2D eigenvalue weighted by Gasteiger charge is 2.21. The molecule has 2 atom stereocenters. The lowest BCUT2D eigenvalue weighted by Gasteiger charge is -2.13. The molecule has 0 saturated heterocycles. The summed E-state index contributed by atoms with van der Waals surface area (Å²) in [6, 6.07) is 0. The van der Waals surface area contributed by atoms with Crippen molar-refractivity contribution < 1.29 is 23.9 Å². The lowest BCUT2D eigenvalue weighted by atomic mass is 10.3. The number of ether oxygens (including phenoxy) is 2. The number of rotatable bonds is 5. The summed E-state index contributed by atoms with van der Waals surface area (Å²) in [5.74, 6) is -1.43. The van der Waals surface area contributed by atoms with Crippen LogP contribution in [0.2, 0.25) is 0 Å². The van der Waals surface area contributed by atoms with Crippen LogP contribution in [0.4, 0.5) is 0 Å². The third kappa shape index (κ3) is 4.95. The summed E-state index contributed by atoms with van der Waals surface area (Å²) in [4.78, 5) is 32.4. The first kappa shape index (κ1) is 13.4. The Labute approximate surface area is 88.0 Å². The first-order valence-corrected chi connectivity index (χ1v) is 4.40. The van der Waals surface area contributed by atoms with Crippen molar-refractivity contribution in [3.05, 3.63) is 12.2 Å². The number of hydrogen-bond acceptors (Lipinski definition) is 5. The van der Waals surface area contributed by atoms with Gasteiger partial charge in [-0.2, -0.15) is 0 Å². The van der Waals surface area contributed by atoms with E-state index in [2.05, 4.69) is 11.3 Å². The molecule has 0 fully saturated rings. The Hall–Kier alpha value is -1.65. The van der Waals surface area contributed by atoms with E-state index in [1.165, 1.54) is 20.8 Å². The minimum atomic E-state index is -1.04. The third-order valence-electron chi connectivity index (χ3n) is 1.46. The van der Waals surface area contributed by atoms with E-state index in [0.717, 1.165) is 0 Å². The fraction of sp³-hybridized carbons (Fsp3) is 0.500. The topological polar surface area (TPSA) is 69.7 Å². The molecule has 0 aliphatic heterocycles. The van der Waals surface area contributed by atoms with Gasteiger partial charge in [-0.3, -0.25) is 4.79 Å². The normalized spacial score (nSPS) is 13.5. The van der Waals surface area contributed by atoms with Crippen LogP contribution in [0.15, 0.2) is 12.2 Å². The van der Waals surface area contributed by atoms with E-state index in [0.29, 0.717) is 6.29 Å². The van der Waals surface area contributed by atoms with Crippen molar-refractivity contribution in [2.45, 2.75) is 33.0 Å². The standard InChI is InChI=1S/C10H14O5/c1-6(2)9(12)15-8(4)10(13)14-7(3)5-11/h5,7-8H,1H2,2-4H3. The van der Waals surface area contributed by atoms with Crippen LogP contribution in [0.1, 0.15) is 20.8 Å². The average molecular weight is 214 g/mol. The number of esters is 2. The second-order valence-corrected chi connectivity index (χ2v) is 3.11. The second kappa shape index (κ2) is 5.95. The van der Waals surface area contributed by atoms with Gasteiger partial charge in [-0.25, -0.2) is 9.59 Å². The maximum absolute atomic E-state index is 11.2. The molecule has 0 aliphatic carbocycles. The fourth-order valence-electron chi connectivity index (χ4n) is 0.616. The molecule has 0 bridgehead atoms. The van der Waals surface area contributed by atoms with Gasteiger partial charge in [0.15, 0.2) is 18.5 Å². The SMILES string of the molecule is C=C(C)C(=O)OC(C)C(=O)OC(C)C=O. The van der Waals surface area contributed by atoms with Crippen LogP contribution < -0.4 is 0 Å². The summed E-state index contributed by atoms with van der Waals surface area (Å²) in [6.07, 6.45) is -1.41. The van der Waals surface area contributed by atoms with Gasteiger partial charge in [0.05, 0.1) is 0 Å². The summed E-state index contributed by atoms with van der Waals surface area (Å²) < 4.78 is 9.32. The quantitative estimate of drug-likeness (QED) is 0.381. The number of hydrogen-bond donors (Lipinski definition) is 0. The average Bonchev–Trinajstić information content (AvgIpc) is 2.16. The molecule has 0 aromatic carbocycles. The Balaban J connectivity index is 4.16. The van der Waals surface area contributed by atoms with Crippen LogP contribution >= 0.6 is 0 Å². The van der Waals surface area contributed by atoms with Crippen LogP contribution in [0.25, 0.3) is 0 Å². The van der Waals surface area contributed by atoms with Crippen LogP contribution in [0.5, 0.6) is 0 Å². The van der Waals surface area contributed by atoms with E-state index in [-0.39, 0.29) is 5.57 Å². The molecule has 0 aromatic rings. The van der Waals surface area contributed by atoms with Gasteiger partial charge in [-0.05, 0) is 20.8 Å². The molecule has 0 spiro atoms. The Bertz CT molecular complexity index is 282. The van der Waals surface area contributed by atoms with Gasteiger partial charge in [0.25, 0.3) is 0 Å². The summed E-state index contributed by atoms with van der Waals surface area (Å²) >= 11 is 0. The number of aldehydes is 1. The molecule has 0 rings (SSSR count). The molecule has 84 valence electrons. The summed E-state index contributed by atoms with van der Waals surface area (Å²) in [6.45, 7) is 7.61. The minimum absolute atomic E-state index is 0.193. The van der Waals surface area contributed by atoms with Gasteiger partial charge in [0.1, 0.15) is 0 Å². The molecule has 5 heteroatoms. The number of carbonyl (C=O) groups is 3. The van der Waals surface area contributed by atoms with Crippen LogP contribution in [0.3, 0.4) is 0 Å². The molecule has 0 N–H and O–H groups in total. The van der Waals surface area contributed by atoms with Crippen LogP contribution in [-0.4, -0.2) is 30.4 Å². The van der Waals surface area contributed by atoms with E-state index in [4.69, 9.17) is 4.74 Å². The zero-order chi connectivity index (χ0) is 12.0. The van der Waals surface area contributed by atoms with Crippen molar-refractivity contribution in [1.82, 2.24) is 0 Å². The second-order valence-electron chi connectivity index (χ2n) is 3.11. The summed E-state index contributed by atoms with van der Waals surface area (Å²) in [5.41, 5.74) is 0.193. The van der Waals surface area contributed by atoms with Crippen LogP contribution in [-0.2, 0) is 23.9 Å². The number of carbonyl (C=O) groups excluding carboxylic acids is 3. The van der Waals surface area contributed by atoms with Gasteiger partial charge in [0.2, 0.25) is 0 Å². The maximum atomic E-state index is 11.2. The predicted molar refractivity (Wildman–Crippen MR) is 52.0 cm³/mol. The van der Waals surface area contributed by atoms with E-state index in [9.17, 15) is 14.4 Å². The molecule has 0 heterocycles. The Kier molecular flexibility index (Phi) is 5.30. The highest BCUT2D eigenvalue weighted by molar-refractivity contribution is 5.89. The Morgan fingerprint density at radius 1 is 1.27 bits per heavy atom. The van der Waals surface area contributed by atoms with Crippen molar-refractivity contribution in [1.29, 1.82) is 0 Å². The predicted octanol–water partition coefficient (Wildman–Crippen LogP) is 0.625. The summed E-state index contributed by atoms with van der Waals surface area (Å²) in [5, 5.41) is 0. The maximum Gasteiger partial charge on any atom is 0.347 e. The van der Waals surface area contributed by atoms with Crippen molar-refractivity contribution >= 4 is 18.2 Å². The smallest absolute Gasteiger partial charge is 0.347 e. The lowest BCUT2D eigenvalue weighted by Crippen LogP contribution is -2.29. The van der Waals surface area contributed by atoms with Crippen molar-refractivity contribution in [3.8, 4) is 0 Å². The van der Waals surface area contributed by atoms with Gasteiger partial charge in [0, 0.05) is 5.57 Å². The largest absolute Gasteiger partial charge is 0.452 e. The first-order chi connectivity index (χ1) is 6.88. The van der Waals surface area contributed by atoms with E-state index < -0.39 is 24.1 Å². The van der Waals surface area contributed by atoms with E-state index in [1.54, 1.807) is 0 Å². The van der Waals surface area contributed by atoms with E-state index in [1.807, 2.05) is 0 Å².